The Balaban J connectivity index is 2.18. The van der Waals surface area contributed by atoms with E-state index in [9.17, 15) is 0 Å². The molecule has 3 unspecified atom stereocenters. The normalized spacial score (nSPS) is 13.7. The molecule has 0 aliphatic heterocycles. The number of rotatable bonds is 48. The van der Waals surface area contributed by atoms with Crippen LogP contribution in [0.4, 0.5) is 0 Å². The molecule has 5 heteroatoms. The largest absolute Gasteiger partial charge is 0.647 e. The van der Waals surface area contributed by atoms with E-state index in [-0.39, 0.29) is 0 Å². The molecule has 0 saturated heterocycles. The number of unbranched alkanes of at least 4 members (excludes halogenated alkanes) is 21. The number of hydrogen-bond donors (Lipinski definition) is 0. The Labute approximate surface area is 459 Å². The summed E-state index contributed by atoms with van der Waals surface area (Å²) in [7, 11) is -4.35. The number of phosphoric acid groups is 1. The molecule has 0 aliphatic carbocycles. The Bertz CT molecular complexity index is 1670. The second-order valence-electron chi connectivity index (χ2n) is 23.0. The van der Waals surface area contributed by atoms with Gasteiger partial charge in [0.25, 0.3) is 0 Å². The van der Waals surface area contributed by atoms with Gasteiger partial charge in [-0.3, -0.25) is 0 Å². The fourth-order valence-corrected chi connectivity index (χ4v) is 12.5. The van der Waals surface area contributed by atoms with Crippen LogP contribution in [0.15, 0.2) is 54.6 Å². The van der Waals surface area contributed by atoms with Gasteiger partial charge in [0.1, 0.15) is 17.2 Å². The summed E-state index contributed by atoms with van der Waals surface area (Å²) in [4.78, 5) is 0. The van der Waals surface area contributed by atoms with E-state index in [4.69, 9.17) is 13.6 Å². The monoisotopic (exact) mass is 1040 g/mol. The second-order valence-corrected chi connectivity index (χ2v) is 24.5. The molecule has 0 aliphatic rings. The van der Waals surface area contributed by atoms with Crippen LogP contribution >= 0.6 is 7.82 Å². The average molecular weight is 1040 g/mol. The van der Waals surface area contributed by atoms with Crippen LogP contribution in [0, 0.1) is 17.8 Å². The number of hydrogen-bond acceptors (Lipinski definition) is 4. The van der Waals surface area contributed by atoms with Crippen LogP contribution in [-0.4, -0.2) is 0 Å². The Morgan fingerprint density at radius 1 is 0.324 bits per heavy atom. The first-order valence-corrected chi connectivity index (χ1v) is 33.7. The molecule has 0 fully saturated rings. The van der Waals surface area contributed by atoms with Crippen LogP contribution in [0.1, 0.15) is 308 Å². The Morgan fingerprint density at radius 3 is 0.811 bits per heavy atom. The third-order valence-corrected chi connectivity index (χ3v) is 17.6. The molecule has 0 radical (unpaired) electrons. The maximum Gasteiger partial charge on any atom is 0.647 e. The van der Waals surface area contributed by atoms with Crippen molar-refractivity contribution in [2.24, 2.45) is 17.8 Å². The van der Waals surface area contributed by atoms with E-state index in [1.165, 1.54) is 209 Å². The topological polar surface area (TPSA) is 44.8 Å². The van der Waals surface area contributed by atoms with Gasteiger partial charge in [-0.25, -0.2) is 0 Å². The number of phosphoric ester groups is 1. The Hall–Kier alpha value is -2.71. The molecule has 0 heterocycles. The third kappa shape index (κ3) is 27.6. The lowest BCUT2D eigenvalue weighted by atomic mass is 9.90. The van der Waals surface area contributed by atoms with Gasteiger partial charge in [0.2, 0.25) is 0 Å². The second kappa shape index (κ2) is 41.4. The fraction of sp³-hybridized carbons (Fsp3) is 0.739. The van der Waals surface area contributed by atoms with E-state index in [2.05, 4.69) is 117 Å². The molecule has 3 aromatic carbocycles. The van der Waals surface area contributed by atoms with Gasteiger partial charge in [-0.2, -0.15) is 4.57 Å². The minimum absolute atomic E-state index is 0.515. The van der Waals surface area contributed by atoms with Crippen molar-refractivity contribution in [1.29, 1.82) is 0 Å². The molecule has 0 spiro atoms. The molecular formula is C69H117O4P. The summed E-state index contributed by atoms with van der Waals surface area (Å²) in [6.45, 7) is 20.7. The standard InChI is InChI=1S/C69H117O4P/c1-10-19-25-28-31-34-37-43-61-46-49-67(64(55-61)52-58(16-7)40-22-13-4)71-74(70,72-68-50-47-62(44-38-35-32-29-26-20-11-2)56-65(68)53-59(17-8)41-23-14-5)73-69-51-48-63(45-39-36-33-30-27-21-12-3)57-66(69)54-60(18-9)42-24-15-6/h46-51,55-60H,10-45,52-54H2,1-9H3. The highest BCUT2D eigenvalue weighted by molar-refractivity contribution is 7.49. The van der Waals surface area contributed by atoms with E-state index in [0.717, 1.165) is 74.5 Å². The van der Waals surface area contributed by atoms with Crippen molar-refractivity contribution in [2.75, 3.05) is 0 Å². The smallest absolute Gasteiger partial charge is 0.386 e. The van der Waals surface area contributed by atoms with E-state index < -0.39 is 7.82 Å². The van der Waals surface area contributed by atoms with Gasteiger partial charge in [0, 0.05) is 0 Å². The van der Waals surface area contributed by atoms with E-state index >= 15 is 4.57 Å². The van der Waals surface area contributed by atoms with Crippen LogP contribution < -0.4 is 13.6 Å². The molecule has 3 rings (SSSR count). The van der Waals surface area contributed by atoms with Gasteiger partial charge in [-0.05, 0) is 127 Å². The Kier molecular flexibility index (Phi) is 36.7. The van der Waals surface area contributed by atoms with Crippen LogP contribution in [0.2, 0.25) is 0 Å². The zero-order valence-corrected chi connectivity index (χ0v) is 51.0. The van der Waals surface area contributed by atoms with Crippen molar-refractivity contribution in [2.45, 2.75) is 313 Å². The van der Waals surface area contributed by atoms with Gasteiger partial charge < -0.3 is 13.6 Å². The minimum atomic E-state index is -4.35. The molecule has 0 N–H and O–H groups in total. The van der Waals surface area contributed by atoms with Crippen molar-refractivity contribution in [1.82, 2.24) is 0 Å². The molecule has 3 aromatic rings. The van der Waals surface area contributed by atoms with Crippen molar-refractivity contribution < 1.29 is 18.1 Å². The molecule has 0 saturated carbocycles. The predicted molar refractivity (Wildman–Crippen MR) is 325 cm³/mol. The highest BCUT2D eigenvalue weighted by Gasteiger charge is 2.36. The van der Waals surface area contributed by atoms with E-state index in [1.54, 1.807) is 0 Å². The van der Waals surface area contributed by atoms with Gasteiger partial charge in [0.15, 0.2) is 0 Å². The highest BCUT2D eigenvalue weighted by Crippen LogP contribution is 2.53. The third-order valence-electron chi connectivity index (χ3n) is 16.4. The summed E-state index contributed by atoms with van der Waals surface area (Å²) < 4.78 is 37.4. The fourth-order valence-electron chi connectivity index (χ4n) is 11.1. The molecule has 0 bridgehead atoms. The zero-order valence-electron chi connectivity index (χ0n) is 50.1. The number of benzene rings is 3. The Morgan fingerprint density at radius 2 is 0.568 bits per heavy atom. The molecule has 3 atom stereocenters. The quantitative estimate of drug-likeness (QED) is 0.0418. The highest BCUT2D eigenvalue weighted by atomic mass is 31.2. The summed E-state index contributed by atoms with van der Waals surface area (Å²) in [5.74, 6) is 3.48. The lowest BCUT2D eigenvalue weighted by Crippen LogP contribution is -2.14. The number of aryl methyl sites for hydroxylation is 3. The lowest BCUT2D eigenvalue weighted by Gasteiger charge is -2.26. The van der Waals surface area contributed by atoms with Gasteiger partial charge in [0.05, 0.1) is 0 Å². The zero-order chi connectivity index (χ0) is 53.5. The first-order valence-electron chi connectivity index (χ1n) is 32.2. The first kappa shape index (κ1) is 65.6. The van der Waals surface area contributed by atoms with Crippen LogP contribution in [0.25, 0.3) is 0 Å². The molecular weight excluding hydrogens is 924 g/mol. The van der Waals surface area contributed by atoms with Crippen molar-refractivity contribution >= 4 is 7.82 Å². The SMILES string of the molecule is CCCCCCCCCc1ccc(OP(=O)(Oc2ccc(CCCCCCCCC)cc2CC(CC)CCCC)Oc2ccc(CCCCCCCCC)cc2CC(CC)CCCC)c(CC(CC)CCCC)c1. The maximum absolute atomic E-state index is 16.3. The summed E-state index contributed by atoms with van der Waals surface area (Å²) in [5.41, 5.74) is 7.43. The predicted octanol–water partition coefficient (Wildman–Crippen LogP) is 23.5. The summed E-state index contributed by atoms with van der Waals surface area (Å²) in [6.07, 6.45) is 47.0. The van der Waals surface area contributed by atoms with Crippen molar-refractivity contribution in [3.63, 3.8) is 0 Å². The van der Waals surface area contributed by atoms with Crippen LogP contribution in [0.3, 0.4) is 0 Å². The van der Waals surface area contributed by atoms with Crippen LogP contribution in [-0.2, 0) is 43.1 Å². The molecule has 74 heavy (non-hydrogen) atoms. The molecule has 4 nitrogen and oxygen atoms in total. The first-order chi connectivity index (χ1) is 36.2. The maximum atomic E-state index is 16.3. The molecule has 0 aromatic heterocycles. The lowest BCUT2D eigenvalue weighted by molar-refractivity contribution is 0.292. The summed E-state index contributed by atoms with van der Waals surface area (Å²) in [6, 6.07) is 20.1. The van der Waals surface area contributed by atoms with Gasteiger partial charge in [-0.15, -0.1) is 0 Å². The molecule has 0 amide bonds. The van der Waals surface area contributed by atoms with Crippen molar-refractivity contribution in [3.8, 4) is 17.2 Å². The summed E-state index contributed by atoms with van der Waals surface area (Å²) >= 11 is 0. The minimum Gasteiger partial charge on any atom is -0.386 e. The average Bonchev–Trinajstić information content (AvgIpc) is 3.40. The van der Waals surface area contributed by atoms with Crippen LogP contribution in [0.5, 0.6) is 17.2 Å². The van der Waals surface area contributed by atoms with Crippen molar-refractivity contribution in [3.05, 3.63) is 88.0 Å². The van der Waals surface area contributed by atoms with E-state index in [0.29, 0.717) is 35.0 Å². The molecule has 422 valence electrons. The van der Waals surface area contributed by atoms with Gasteiger partial charge in [-0.1, -0.05) is 291 Å². The van der Waals surface area contributed by atoms with Gasteiger partial charge >= 0.3 is 7.82 Å². The summed E-state index contributed by atoms with van der Waals surface area (Å²) in [5, 5.41) is 0. The van der Waals surface area contributed by atoms with E-state index in [1.807, 2.05) is 0 Å².